The minimum absolute atomic E-state index is 0.193. The van der Waals surface area contributed by atoms with Gasteiger partial charge in [0.2, 0.25) is 0 Å². The molecule has 0 radical (unpaired) electrons. The van der Waals surface area contributed by atoms with Crippen molar-refractivity contribution in [2.24, 2.45) is 0 Å². The summed E-state index contributed by atoms with van der Waals surface area (Å²) in [5, 5.41) is 0. The monoisotopic (exact) mass is 147 g/mol. The average Bonchev–Trinajstić information content (AvgIpc) is 1.95. The van der Waals surface area contributed by atoms with Crippen LogP contribution in [0, 0.1) is 0 Å². The van der Waals surface area contributed by atoms with E-state index in [1.165, 1.54) is 0 Å². The molecule has 3 heteroatoms. The quantitative estimate of drug-likeness (QED) is 0.540. The Hall–Kier alpha value is -0.150. The molecule has 0 bridgehead atoms. The van der Waals surface area contributed by atoms with Crippen LogP contribution in [-0.2, 0) is 4.74 Å². The van der Waals surface area contributed by atoms with E-state index in [1.54, 1.807) is 0 Å². The van der Waals surface area contributed by atoms with E-state index in [1.807, 2.05) is 7.05 Å². The lowest BCUT2D eigenvalue weighted by Crippen LogP contribution is -2.46. The normalized spacial score (nSPS) is 36.3. The largest absolute Gasteiger partial charge is 0.373 e. The first-order valence-corrected chi connectivity index (χ1v) is 3.62. The lowest BCUT2D eigenvalue weighted by molar-refractivity contribution is -0.0570. The highest BCUT2D eigenvalue weighted by Crippen LogP contribution is 2.08. The van der Waals surface area contributed by atoms with Gasteiger partial charge in [0, 0.05) is 12.6 Å². The molecule has 1 saturated heterocycles. The minimum Gasteiger partial charge on any atom is -0.373 e. The predicted molar refractivity (Wildman–Crippen MR) is 37.8 cm³/mol. The summed E-state index contributed by atoms with van der Waals surface area (Å²) in [5.74, 6) is 0. The number of alkyl halides is 1. The SMILES string of the molecule is CC1COC(CF)CN1C. The van der Waals surface area contributed by atoms with Crippen LogP contribution >= 0.6 is 0 Å². The number of halogens is 1. The second kappa shape index (κ2) is 3.30. The Morgan fingerprint density at radius 3 is 2.90 bits per heavy atom. The Kier molecular flexibility index (Phi) is 2.63. The molecular formula is C7H14FNO. The maximum absolute atomic E-state index is 12.0. The second-order valence-electron chi connectivity index (χ2n) is 2.90. The van der Waals surface area contributed by atoms with Crippen LogP contribution in [0.4, 0.5) is 4.39 Å². The van der Waals surface area contributed by atoms with Gasteiger partial charge >= 0.3 is 0 Å². The minimum atomic E-state index is -0.364. The molecule has 0 aromatic rings. The summed E-state index contributed by atoms with van der Waals surface area (Å²) in [4.78, 5) is 2.12. The van der Waals surface area contributed by atoms with Gasteiger partial charge in [-0.15, -0.1) is 0 Å². The van der Waals surface area contributed by atoms with Crippen LogP contribution in [0.5, 0.6) is 0 Å². The molecule has 1 aliphatic heterocycles. The van der Waals surface area contributed by atoms with Crippen molar-refractivity contribution >= 4 is 0 Å². The van der Waals surface area contributed by atoms with Crippen molar-refractivity contribution in [1.82, 2.24) is 4.90 Å². The molecule has 10 heavy (non-hydrogen) atoms. The van der Waals surface area contributed by atoms with Crippen molar-refractivity contribution in [2.75, 3.05) is 26.9 Å². The van der Waals surface area contributed by atoms with Crippen LogP contribution in [-0.4, -0.2) is 43.9 Å². The average molecular weight is 147 g/mol. The molecular weight excluding hydrogens is 133 g/mol. The molecule has 0 N–H and O–H groups in total. The van der Waals surface area contributed by atoms with Crippen LogP contribution in [0.3, 0.4) is 0 Å². The Morgan fingerprint density at radius 1 is 1.70 bits per heavy atom. The van der Waals surface area contributed by atoms with E-state index in [0.29, 0.717) is 12.6 Å². The third kappa shape index (κ3) is 1.67. The maximum atomic E-state index is 12.0. The van der Waals surface area contributed by atoms with Gasteiger partial charge in [0.15, 0.2) is 0 Å². The fourth-order valence-electron chi connectivity index (χ4n) is 1.05. The number of morpholine rings is 1. The summed E-state index contributed by atoms with van der Waals surface area (Å²) < 4.78 is 17.2. The van der Waals surface area contributed by atoms with Gasteiger partial charge in [-0.1, -0.05) is 0 Å². The summed E-state index contributed by atoms with van der Waals surface area (Å²) in [5.41, 5.74) is 0. The zero-order valence-electron chi connectivity index (χ0n) is 6.51. The van der Waals surface area contributed by atoms with Gasteiger partial charge in [0.1, 0.15) is 6.67 Å². The van der Waals surface area contributed by atoms with Crippen LogP contribution in [0.15, 0.2) is 0 Å². The van der Waals surface area contributed by atoms with Crippen LogP contribution in [0.25, 0.3) is 0 Å². The van der Waals surface area contributed by atoms with Crippen LogP contribution < -0.4 is 0 Å². The van der Waals surface area contributed by atoms with Crippen LogP contribution in [0.1, 0.15) is 6.92 Å². The van der Waals surface area contributed by atoms with Gasteiger partial charge in [0.25, 0.3) is 0 Å². The molecule has 0 aromatic heterocycles. The first-order chi connectivity index (χ1) is 4.74. The van der Waals surface area contributed by atoms with Gasteiger partial charge in [-0.25, -0.2) is 4.39 Å². The molecule has 1 fully saturated rings. The third-order valence-electron chi connectivity index (χ3n) is 1.99. The maximum Gasteiger partial charge on any atom is 0.117 e. The Bertz CT molecular complexity index is 110. The van der Waals surface area contributed by atoms with Crippen molar-refractivity contribution in [3.05, 3.63) is 0 Å². The molecule has 2 atom stereocenters. The molecule has 1 heterocycles. The topological polar surface area (TPSA) is 12.5 Å². The van der Waals surface area contributed by atoms with Crippen molar-refractivity contribution in [3.8, 4) is 0 Å². The highest BCUT2D eigenvalue weighted by molar-refractivity contribution is 4.73. The summed E-state index contributed by atoms with van der Waals surface area (Å²) in [7, 11) is 2.00. The van der Waals surface area contributed by atoms with Crippen molar-refractivity contribution in [1.29, 1.82) is 0 Å². The van der Waals surface area contributed by atoms with Crippen molar-refractivity contribution in [2.45, 2.75) is 19.1 Å². The standard InChI is InChI=1S/C7H14FNO/c1-6-5-10-7(3-8)4-9(6)2/h6-7H,3-5H2,1-2H3. The summed E-state index contributed by atoms with van der Waals surface area (Å²) in [6, 6.07) is 0.433. The molecule has 0 aromatic carbocycles. The smallest absolute Gasteiger partial charge is 0.117 e. The fraction of sp³-hybridized carbons (Fsp3) is 1.00. The Balaban J connectivity index is 2.33. The molecule has 1 rings (SSSR count). The van der Waals surface area contributed by atoms with E-state index in [4.69, 9.17) is 4.74 Å². The lowest BCUT2D eigenvalue weighted by atomic mass is 10.2. The number of ether oxygens (including phenoxy) is 1. The molecule has 2 nitrogen and oxygen atoms in total. The van der Waals surface area contributed by atoms with Gasteiger partial charge in [-0.2, -0.15) is 0 Å². The number of nitrogens with zero attached hydrogens (tertiary/aromatic N) is 1. The lowest BCUT2D eigenvalue weighted by Gasteiger charge is -2.33. The molecule has 0 amide bonds. The zero-order valence-corrected chi connectivity index (χ0v) is 6.51. The van der Waals surface area contributed by atoms with E-state index in [-0.39, 0.29) is 12.8 Å². The van der Waals surface area contributed by atoms with Crippen molar-refractivity contribution in [3.63, 3.8) is 0 Å². The number of hydrogen-bond donors (Lipinski definition) is 0. The third-order valence-corrected chi connectivity index (χ3v) is 1.99. The highest BCUT2D eigenvalue weighted by Gasteiger charge is 2.22. The number of likely N-dealkylation sites (N-methyl/N-ethyl adjacent to an activating group) is 1. The Morgan fingerprint density at radius 2 is 2.40 bits per heavy atom. The first-order valence-electron chi connectivity index (χ1n) is 3.62. The van der Waals surface area contributed by atoms with Crippen LogP contribution in [0.2, 0.25) is 0 Å². The Labute approximate surface area is 61.0 Å². The zero-order chi connectivity index (χ0) is 7.56. The highest BCUT2D eigenvalue weighted by atomic mass is 19.1. The van der Waals surface area contributed by atoms with Gasteiger partial charge < -0.3 is 4.74 Å². The molecule has 2 unspecified atom stereocenters. The van der Waals surface area contributed by atoms with Crippen molar-refractivity contribution < 1.29 is 9.13 Å². The number of hydrogen-bond acceptors (Lipinski definition) is 2. The molecule has 60 valence electrons. The first kappa shape index (κ1) is 7.95. The fourth-order valence-corrected chi connectivity index (χ4v) is 1.05. The predicted octanol–water partition coefficient (Wildman–Crippen LogP) is 0.675. The van der Waals surface area contributed by atoms with Gasteiger partial charge in [0.05, 0.1) is 12.7 Å². The van der Waals surface area contributed by atoms with Gasteiger partial charge in [-0.05, 0) is 14.0 Å². The van der Waals surface area contributed by atoms with E-state index < -0.39 is 0 Å². The number of rotatable bonds is 1. The summed E-state index contributed by atoms with van der Waals surface area (Å²) in [6.45, 7) is 3.09. The van der Waals surface area contributed by atoms with E-state index in [0.717, 1.165) is 6.54 Å². The molecule has 0 spiro atoms. The van der Waals surface area contributed by atoms with Gasteiger partial charge in [-0.3, -0.25) is 4.90 Å². The second-order valence-corrected chi connectivity index (χ2v) is 2.90. The molecule has 1 aliphatic rings. The molecule has 0 saturated carbocycles. The van der Waals surface area contributed by atoms with E-state index in [9.17, 15) is 4.39 Å². The summed E-state index contributed by atoms with van der Waals surface area (Å²) in [6.07, 6.45) is -0.193. The van der Waals surface area contributed by atoms with E-state index >= 15 is 0 Å². The van der Waals surface area contributed by atoms with E-state index in [2.05, 4.69) is 11.8 Å². The summed E-state index contributed by atoms with van der Waals surface area (Å²) >= 11 is 0. The molecule has 0 aliphatic carbocycles.